The molecular formula is C31H26N8O3. The molecule has 1 amide bonds. The van der Waals surface area contributed by atoms with E-state index in [0.717, 1.165) is 16.7 Å². The Morgan fingerprint density at radius 2 is 1.60 bits per heavy atom. The number of aliphatic imine (C=N–C) groups is 1. The van der Waals surface area contributed by atoms with Crippen LogP contribution in [0.1, 0.15) is 28.4 Å². The first-order chi connectivity index (χ1) is 20.5. The predicted molar refractivity (Wildman–Crippen MR) is 158 cm³/mol. The second-order valence-corrected chi connectivity index (χ2v) is 9.35. The first-order valence-electron chi connectivity index (χ1n) is 13.2. The third kappa shape index (κ3) is 5.06. The fourth-order valence-electron chi connectivity index (χ4n) is 4.76. The summed E-state index contributed by atoms with van der Waals surface area (Å²) in [6, 6.07) is 20.8. The van der Waals surface area contributed by atoms with E-state index in [9.17, 15) is 9.59 Å². The smallest absolute Gasteiger partial charge is 0.354 e. The Labute approximate surface area is 240 Å². The molecule has 0 radical (unpaired) electrons. The molecule has 6 aromatic rings. The SMILES string of the molecule is CCOc1nc2cccc(C(=O)n3ccnc3)c2n1Cc1ccc(-c2ccccc2C(N)=NC(=O)n2ccnc2)cc1. The fraction of sp³-hybridized carbons (Fsp3) is 0.0968. The van der Waals surface area contributed by atoms with E-state index in [1.807, 2.05) is 72.2 Å². The van der Waals surface area contributed by atoms with Crippen LogP contribution in [0.25, 0.3) is 22.2 Å². The molecule has 3 aromatic heterocycles. The summed E-state index contributed by atoms with van der Waals surface area (Å²) in [6.45, 7) is 2.74. The van der Waals surface area contributed by atoms with Gasteiger partial charge < -0.3 is 10.5 Å². The van der Waals surface area contributed by atoms with Crippen LogP contribution in [0.3, 0.4) is 0 Å². The minimum absolute atomic E-state index is 0.106. The van der Waals surface area contributed by atoms with Crippen molar-refractivity contribution in [3.63, 3.8) is 0 Å². The number of rotatable bonds is 7. The van der Waals surface area contributed by atoms with E-state index in [4.69, 9.17) is 10.5 Å². The van der Waals surface area contributed by atoms with Gasteiger partial charge in [-0.15, -0.1) is 0 Å². The van der Waals surface area contributed by atoms with E-state index in [-0.39, 0.29) is 11.7 Å². The van der Waals surface area contributed by atoms with Crippen LogP contribution in [-0.2, 0) is 6.54 Å². The molecular weight excluding hydrogens is 532 g/mol. The van der Waals surface area contributed by atoms with Gasteiger partial charge in [0.15, 0.2) is 0 Å². The van der Waals surface area contributed by atoms with Crippen molar-refractivity contribution in [2.75, 3.05) is 6.61 Å². The highest BCUT2D eigenvalue weighted by molar-refractivity contribution is 6.08. The molecule has 3 aromatic carbocycles. The highest BCUT2D eigenvalue weighted by Crippen LogP contribution is 2.29. The first kappa shape index (κ1) is 26.4. The second-order valence-electron chi connectivity index (χ2n) is 9.35. The number of carbonyl (C=O) groups is 2. The van der Waals surface area contributed by atoms with Crippen molar-refractivity contribution in [3.8, 4) is 17.1 Å². The highest BCUT2D eigenvalue weighted by Gasteiger charge is 2.20. The average molecular weight is 559 g/mol. The lowest BCUT2D eigenvalue weighted by molar-refractivity contribution is 0.0961. The van der Waals surface area contributed by atoms with Gasteiger partial charge in [-0.1, -0.05) is 54.6 Å². The summed E-state index contributed by atoms with van der Waals surface area (Å²) in [7, 11) is 0. The average Bonchev–Trinajstić information content (AvgIpc) is 3.80. The van der Waals surface area contributed by atoms with Gasteiger partial charge in [-0.25, -0.2) is 14.8 Å². The number of benzene rings is 3. The number of nitrogens with zero attached hydrogens (tertiary/aromatic N) is 7. The van der Waals surface area contributed by atoms with E-state index < -0.39 is 6.03 Å². The van der Waals surface area contributed by atoms with Gasteiger partial charge in [-0.05, 0) is 35.7 Å². The summed E-state index contributed by atoms with van der Waals surface area (Å²) in [5.41, 5.74) is 11.5. The van der Waals surface area contributed by atoms with Crippen LogP contribution in [0.4, 0.5) is 4.79 Å². The molecule has 3 heterocycles. The van der Waals surface area contributed by atoms with Crippen LogP contribution in [0, 0.1) is 0 Å². The van der Waals surface area contributed by atoms with Gasteiger partial charge in [-0.3, -0.25) is 18.5 Å². The molecule has 208 valence electrons. The third-order valence-corrected chi connectivity index (χ3v) is 6.72. The monoisotopic (exact) mass is 558 g/mol. The summed E-state index contributed by atoms with van der Waals surface area (Å²) < 4.78 is 10.5. The maximum atomic E-state index is 13.3. The molecule has 0 fully saturated rings. The minimum Gasteiger partial charge on any atom is -0.465 e. The van der Waals surface area contributed by atoms with Crippen molar-refractivity contribution in [3.05, 3.63) is 121 Å². The zero-order chi connectivity index (χ0) is 29.1. The molecule has 0 saturated carbocycles. The van der Waals surface area contributed by atoms with Gasteiger partial charge in [0.05, 0.1) is 29.7 Å². The molecule has 11 heteroatoms. The lowest BCUT2D eigenvalue weighted by atomic mass is 9.98. The van der Waals surface area contributed by atoms with Crippen LogP contribution in [0.5, 0.6) is 6.01 Å². The highest BCUT2D eigenvalue weighted by atomic mass is 16.5. The van der Waals surface area contributed by atoms with Crippen molar-refractivity contribution >= 4 is 28.8 Å². The van der Waals surface area contributed by atoms with Crippen LogP contribution in [0.15, 0.2) is 109 Å². The van der Waals surface area contributed by atoms with Crippen LogP contribution < -0.4 is 10.5 Å². The van der Waals surface area contributed by atoms with Gasteiger partial charge in [0.1, 0.15) is 18.5 Å². The first-order valence-corrected chi connectivity index (χ1v) is 13.2. The minimum atomic E-state index is -0.529. The largest absolute Gasteiger partial charge is 0.465 e. The number of fused-ring (bicyclic) bond motifs is 1. The van der Waals surface area contributed by atoms with Gasteiger partial charge >= 0.3 is 6.03 Å². The van der Waals surface area contributed by atoms with Crippen molar-refractivity contribution in [2.24, 2.45) is 10.7 Å². The van der Waals surface area contributed by atoms with E-state index in [1.54, 1.807) is 18.5 Å². The third-order valence-electron chi connectivity index (χ3n) is 6.72. The Balaban J connectivity index is 1.33. The number of amides is 1. The van der Waals surface area contributed by atoms with Gasteiger partial charge in [0.2, 0.25) is 0 Å². The molecule has 0 bridgehead atoms. The number of amidine groups is 1. The second kappa shape index (κ2) is 11.3. The van der Waals surface area contributed by atoms with E-state index in [2.05, 4.69) is 19.9 Å². The number of ether oxygens (including phenoxy) is 1. The Morgan fingerprint density at radius 1 is 0.881 bits per heavy atom. The lowest BCUT2D eigenvalue weighted by Crippen LogP contribution is -2.18. The summed E-state index contributed by atoms with van der Waals surface area (Å²) in [6.07, 6.45) is 9.06. The van der Waals surface area contributed by atoms with E-state index >= 15 is 0 Å². The number of carbonyl (C=O) groups excluding carboxylic acids is 2. The molecule has 0 spiro atoms. The molecule has 42 heavy (non-hydrogen) atoms. The molecule has 2 N–H and O–H groups in total. The topological polar surface area (TPSA) is 135 Å². The molecule has 0 saturated heterocycles. The van der Waals surface area contributed by atoms with Crippen molar-refractivity contribution in [1.82, 2.24) is 28.7 Å². The zero-order valence-electron chi connectivity index (χ0n) is 22.7. The lowest BCUT2D eigenvalue weighted by Gasteiger charge is -2.13. The molecule has 0 unspecified atom stereocenters. The number of hydrogen-bond donors (Lipinski definition) is 1. The Kier molecular flexibility index (Phi) is 7.12. The molecule has 11 nitrogen and oxygen atoms in total. The van der Waals surface area contributed by atoms with Crippen molar-refractivity contribution < 1.29 is 14.3 Å². The van der Waals surface area contributed by atoms with Gasteiger partial charge in [0.25, 0.3) is 11.9 Å². The Bertz CT molecular complexity index is 1900. The molecule has 0 aliphatic heterocycles. The Morgan fingerprint density at radius 3 is 2.31 bits per heavy atom. The van der Waals surface area contributed by atoms with Crippen LogP contribution >= 0.6 is 0 Å². The van der Waals surface area contributed by atoms with Crippen LogP contribution in [-0.4, -0.2) is 53.0 Å². The number of aromatic nitrogens is 6. The Hall–Kier alpha value is -5.84. The molecule has 0 aliphatic carbocycles. The molecule has 0 aliphatic rings. The van der Waals surface area contributed by atoms with Gasteiger partial charge in [0, 0.05) is 30.4 Å². The molecule has 6 rings (SSSR count). The number of nitrogens with two attached hydrogens (primary N) is 1. The molecule has 0 atom stereocenters. The zero-order valence-corrected chi connectivity index (χ0v) is 22.7. The standard InChI is InChI=1S/C31H26N8O3/c1-2-42-31-35-26-9-5-8-25(29(40)37-16-14-33-19-37)27(26)39(31)18-21-10-12-22(13-11-21)23-6-3-4-7-24(23)28(32)36-30(41)38-17-15-34-20-38/h3-17,19-20H,2,18H2,1H3,(H2,32,36,41). The van der Waals surface area contributed by atoms with Crippen molar-refractivity contribution in [2.45, 2.75) is 13.5 Å². The van der Waals surface area contributed by atoms with Crippen LogP contribution in [0.2, 0.25) is 0 Å². The van der Waals surface area contributed by atoms with Crippen molar-refractivity contribution in [1.29, 1.82) is 0 Å². The summed E-state index contributed by atoms with van der Waals surface area (Å²) in [5.74, 6) is -0.102. The summed E-state index contributed by atoms with van der Waals surface area (Å²) in [5, 5.41) is 0. The van der Waals surface area contributed by atoms with E-state index in [1.165, 1.54) is 34.2 Å². The maximum Gasteiger partial charge on any atom is 0.354 e. The fourth-order valence-corrected chi connectivity index (χ4v) is 4.76. The maximum absolute atomic E-state index is 13.3. The summed E-state index contributed by atoms with van der Waals surface area (Å²) >= 11 is 0. The normalized spacial score (nSPS) is 11.6. The van der Waals surface area contributed by atoms with Gasteiger partial charge in [-0.2, -0.15) is 9.98 Å². The number of para-hydroxylation sites is 1. The predicted octanol–water partition coefficient (Wildman–Crippen LogP) is 4.61. The number of imidazole rings is 3. The summed E-state index contributed by atoms with van der Waals surface area (Å²) in [4.78, 5) is 42.4. The quantitative estimate of drug-likeness (QED) is 0.223. The van der Waals surface area contributed by atoms with E-state index in [0.29, 0.717) is 41.3 Å². The number of hydrogen-bond acceptors (Lipinski definition) is 6.